The number of esters is 1. The highest BCUT2D eigenvalue weighted by molar-refractivity contribution is 5.84. The number of carbonyl (C=O) groups is 1. The average Bonchev–Trinajstić information content (AvgIpc) is 2.00. The average molecular weight is 200 g/mol. The first kappa shape index (κ1) is 12.9. The summed E-state index contributed by atoms with van der Waals surface area (Å²) in [6.45, 7) is 7.28. The molecule has 0 saturated carbocycles. The SMILES string of the molecule is COC(=O)C(C)(C)CC(C)(C)C(=N)N. The number of nitrogens with one attached hydrogen (secondary N) is 1. The van der Waals surface area contributed by atoms with Gasteiger partial charge in [0.05, 0.1) is 18.4 Å². The third kappa shape index (κ3) is 3.01. The molecule has 14 heavy (non-hydrogen) atoms. The molecule has 0 aromatic heterocycles. The van der Waals surface area contributed by atoms with Gasteiger partial charge in [-0.15, -0.1) is 0 Å². The molecule has 0 atom stereocenters. The summed E-state index contributed by atoms with van der Waals surface area (Å²) in [5.74, 6) is -0.179. The maximum Gasteiger partial charge on any atom is 0.311 e. The fraction of sp³-hybridized carbons (Fsp3) is 0.800. The van der Waals surface area contributed by atoms with E-state index in [1.165, 1.54) is 7.11 Å². The number of hydrogen-bond acceptors (Lipinski definition) is 3. The first-order chi connectivity index (χ1) is 6.13. The molecule has 0 heterocycles. The van der Waals surface area contributed by atoms with Crippen LogP contribution < -0.4 is 5.73 Å². The van der Waals surface area contributed by atoms with E-state index >= 15 is 0 Å². The maximum atomic E-state index is 11.4. The summed E-state index contributed by atoms with van der Waals surface area (Å²) < 4.78 is 4.69. The Kier molecular flexibility index (Phi) is 3.68. The highest BCUT2D eigenvalue weighted by Crippen LogP contribution is 2.34. The summed E-state index contributed by atoms with van der Waals surface area (Å²) in [5, 5.41) is 7.40. The summed E-state index contributed by atoms with van der Waals surface area (Å²) in [4.78, 5) is 11.4. The number of rotatable bonds is 4. The zero-order valence-electron chi connectivity index (χ0n) is 9.60. The lowest BCUT2D eigenvalue weighted by Crippen LogP contribution is -2.38. The highest BCUT2D eigenvalue weighted by Gasteiger charge is 2.37. The normalized spacial score (nSPS) is 12.4. The molecule has 0 radical (unpaired) electrons. The molecule has 0 aliphatic carbocycles. The molecular formula is C10H20N2O2. The topological polar surface area (TPSA) is 76.2 Å². The van der Waals surface area contributed by atoms with E-state index in [0.717, 1.165) is 0 Å². The molecule has 0 aliphatic rings. The quantitative estimate of drug-likeness (QED) is 0.410. The first-order valence-corrected chi connectivity index (χ1v) is 4.56. The lowest BCUT2D eigenvalue weighted by Gasteiger charge is -2.31. The molecule has 0 spiro atoms. The summed E-state index contributed by atoms with van der Waals surface area (Å²) >= 11 is 0. The van der Waals surface area contributed by atoms with Gasteiger partial charge in [-0.1, -0.05) is 13.8 Å². The van der Waals surface area contributed by atoms with Crippen molar-refractivity contribution in [3.05, 3.63) is 0 Å². The van der Waals surface area contributed by atoms with Crippen LogP contribution in [0.5, 0.6) is 0 Å². The molecule has 0 saturated heterocycles. The second-order valence-electron chi connectivity index (χ2n) is 4.85. The minimum absolute atomic E-state index is 0.0921. The second-order valence-corrected chi connectivity index (χ2v) is 4.85. The Morgan fingerprint density at radius 1 is 1.29 bits per heavy atom. The van der Waals surface area contributed by atoms with Crippen molar-refractivity contribution in [1.82, 2.24) is 0 Å². The van der Waals surface area contributed by atoms with Gasteiger partial charge < -0.3 is 10.5 Å². The minimum Gasteiger partial charge on any atom is -0.469 e. The van der Waals surface area contributed by atoms with Crippen LogP contribution in [0.15, 0.2) is 0 Å². The van der Waals surface area contributed by atoms with E-state index < -0.39 is 10.8 Å². The minimum atomic E-state index is -0.607. The van der Waals surface area contributed by atoms with Crippen molar-refractivity contribution >= 4 is 11.8 Å². The van der Waals surface area contributed by atoms with Crippen molar-refractivity contribution in [3.63, 3.8) is 0 Å². The summed E-state index contributed by atoms with van der Waals surface area (Å²) in [6.07, 6.45) is 0.502. The van der Waals surface area contributed by atoms with E-state index in [9.17, 15) is 4.79 Å². The molecule has 4 heteroatoms. The van der Waals surface area contributed by atoms with Gasteiger partial charge in [-0.25, -0.2) is 0 Å². The number of nitrogens with two attached hydrogens (primary N) is 1. The number of methoxy groups -OCH3 is 1. The van der Waals surface area contributed by atoms with Crippen LogP contribution in [0.25, 0.3) is 0 Å². The largest absolute Gasteiger partial charge is 0.469 e. The van der Waals surface area contributed by atoms with Crippen LogP contribution in [0.2, 0.25) is 0 Å². The predicted molar refractivity (Wildman–Crippen MR) is 56.1 cm³/mol. The van der Waals surface area contributed by atoms with Crippen LogP contribution in [0.4, 0.5) is 0 Å². The fourth-order valence-electron chi connectivity index (χ4n) is 1.55. The van der Waals surface area contributed by atoms with Crippen molar-refractivity contribution in [2.75, 3.05) is 7.11 Å². The van der Waals surface area contributed by atoms with Crippen molar-refractivity contribution < 1.29 is 9.53 Å². The standard InChI is InChI=1S/C10H20N2O2/c1-9(2,7(11)12)6-10(3,4)8(13)14-5/h6H2,1-5H3,(H3,11,12). The smallest absolute Gasteiger partial charge is 0.311 e. The summed E-state index contributed by atoms with van der Waals surface area (Å²) in [6, 6.07) is 0. The van der Waals surface area contributed by atoms with Gasteiger partial charge in [0, 0.05) is 5.41 Å². The number of carbonyl (C=O) groups excluding carboxylic acids is 1. The van der Waals surface area contributed by atoms with Gasteiger partial charge in [-0.2, -0.15) is 0 Å². The molecule has 0 aromatic carbocycles. The molecule has 82 valence electrons. The number of hydrogen-bond donors (Lipinski definition) is 2. The molecule has 0 fully saturated rings. The van der Waals surface area contributed by atoms with Crippen LogP contribution in [0.1, 0.15) is 34.1 Å². The predicted octanol–water partition coefficient (Wildman–Crippen LogP) is 1.54. The lowest BCUT2D eigenvalue weighted by atomic mass is 9.74. The van der Waals surface area contributed by atoms with Gasteiger partial charge in [-0.05, 0) is 20.3 Å². The molecule has 0 rings (SSSR count). The Morgan fingerprint density at radius 3 is 2.00 bits per heavy atom. The van der Waals surface area contributed by atoms with E-state index in [0.29, 0.717) is 6.42 Å². The van der Waals surface area contributed by atoms with Crippen LogP contribution in [-0.2, 0) is 9.53 Å². The molecular weight excluding hydrogens is 180 g/mol. The highest BCUT2D eigenvalue weighted by atomic mass is 16.5. The Morgan fingerprint density at radius 2 is 1.71 bits per heavy atom. The van der Waals surface area contributed by atoms with E-state index in [4.69, 9.17) is 15.9 Å². The molecule has 4 nitrogen and oxygen atoms in total. The van der Waals surface area contributed by atoms with Gasteiger partial charge in [0.1, 0.15) is 0 Å². The van der Waals surface area contributed by atoms with Gasteiger partial charge in [0.15, 0.2) is 0 Å². The van der Waals surface area contributed by atoms with Crippen molar-refractivity contribution in [2.45, 2.75) is 34.1 Å². The number of ether oxygens (including phenoxy) is 1. The lowest BCUT2D eigenvalue weighted by molar-refractivity contribution is -0.152. The van der Waals surface area contributed by atoms with E-state index in [2.05, 4.69) is 0 Å². The summed E-state index contributed by atoms with van der Waals surface area (Å²) in [5.41, 5.74) is 4.37. The molecule has 0 bridgehead atoms. The third-order valence-corrected chi connectivity index (χ3v) is 2.35. The monoisotopic (exact) mass is 200 g/mol. The van der Waals surface area contributed by atoms with Gasteiger partial charge in [-0.3, -0.25) is 10.2 Å². The van der Waals surface area contributed by atoms with Crippen molar-refractivity contribution in [1.29, 1.82) is 5.41 Å². The second kappa shape index (κ2) is 3.98. The van der Waals surface area contributed by atoms with E-state index in [-0.39, 0.29) is 11.8 Å². The van der Waals surface area contributed by atoms with E-state index in [1.807, 2.05) is 13.8 Å². The van der Waals surface area contributed by atoms with Crippen molar-refractivity contribution in [2.24, 2.45) is 16.6 Å². The number of amidine groups is 1. The van der Waals surface area contributed by atoms with Gasteiger partial charge >= 0.3 is 5.97 Å². The summed E-state index contributed by atoms with van der Waals surface area (Å²) in [7, 11) is 1.37. The fourth-order valence-corrected chi connectivity index (χ4v) is 1.55. The van der Waals surface area contributed by atoms with E-state index in [1.54, 1.807) is 13.8 Å². The molecule has 0 unspecified atom stereocenters. The first-order valence-electron chi connectivity index (χ1n) is 4.56. The van der Waals surface area contributed by atoms with Crippen LogP contribution in [-0.4, -0.2) is 18.9 Å². The molecule has 0 amide bonds. The molecule has 0 aromatic rings. The zero-order valence-corrected chi connectivity index (χ0v) is 9.60. The molecule has 0 aliphatic heterocycles. The zero-order chi connectivity index (χ0) is 11.6. The Hall–Kier alpha value is -1.06. The van der Waals surface area contributed by atoms with Gasteiger partial charge in [0.25, 0.3) is 0 Å². The Bertz CT molecular complexity index is 245. The van der Waals surface area contributed by atoms with Crippen LogP contribution in [0.3, 0.4) is 0 Å². The Balaban J connectivity index is 4.66. The maximum absolute atomic E-state index is 11.4. The van der Waals surface area contributed by atoms with Gasteiger partial charge in [0.2, 0.25) is 0 Å². The molecule has 3 N–H and O–H groups in total. The van der Waals surface area contributed by atoms with Crippen LogP contribution >= 0.6 is 0 Å². The van der Waals surface area contributed by atoms with Crippen molar-refractivity contribution in [3.8, 4) is 0 Å². The third-order valence-electron chi connectivity index (χ3n) is 2.35. The Labute approximate surface area is 85.3 Å². The van der Waals surface area contributed by atoms with Crippen LogP contribution in [0, 0.1) is 16.2 Å².